The van der Waals surface area contributed by atoms with Gasteiger partial charge in [0.15, 0.2) is 11.2 Å². The van der Waals surface area contributed by atoms with Crippen molar-refractivity contribution >= 4 is 17.1 Å². The van der Waals surface area contributed by atoms with Crippen molar-refractivity contribution in [3.63, 3.8) is 0 Å². The summed E-state index contributed by atoms with van der Waals surface area (Å²) in [6, 6.07) is 10.3. The van der Waals surface area contributed by atoms with E-state index in [9.17, 15) is 9.59 Å². The first-order valence-corrected chi connectivity index (χ1v) is 11.6. The predicted molar refractivity (Wildman–Crippen MR) is 124 cm³/mol. The maximum atomic E-state index is 12.9. The number of morpholine rings is 1. The number of anilines is 1. The average molecular weight is 438 g/mol. The molecule has 1 saturated carbocycles. The maximum absolute atomic E-state index is 12.9. The van der Waals surface area contributed by atoms with Gasteiger partial charge in [-0.05, 0) is 30.2 Å². The third kappa shape index (κ3) is 3.77. The number of nitrogens with one attached hydrogen (secondary N) is 1. The van der Waals surface area contributed by atoms with Crippen molar-refractivity contribution in [1.29, 1.82) is 0 Å². The molecule has 1 atom stereocenters. The van der Waals surface area contributed by atoms with Gasteiger partial charge < -0.3 is 14.2 Å². The van der Waals surface area contributed by atoms with Crippen LogP contribution in [0.4, 0.5) is 5.95 Å². The molecule has 8 nitrogen and oxygen atoms in total. The second-order valence-corrected chi connectivity index (χ2v) is 9.33. The van der Waals surface area contributed by atoms with Gasteiger partial charge in [0.25, 0.3) is 5.56 Å². The summed E-state index contributed by atoms with van der Waals surface area (Å²) in [6.07, 6.45) is 4.72. The molecule has 32 heavy (non-hydrogen) atoms. The third-order valence-electron chi connectivity index (χ3n) is 7.13. The van der Waals surface area contributed by atoms with E-state index in [-0.39, 0.29) is 11.6 Å². The predicted octanol–water partition coefficient (Wildman–Crippen LogP) is 2.83. The first kappa shape index (κ1) is 21.0. The van der Waals surface area contributed by atoms with Gasteiger partial charge in [0.1, 0.15) is 0 Å². The van der Waals surface area contributed by atoms with Crippen LogP contribution in [0.25, 0.3) is 11.2 Å². The molecule has 1 aromatic carbocycles. The van der Waals surface area contributed by atoms with Gasteiger partial charge in [-0.1, -0.05) is 50.1 Å². The summed E-state index contributed by atoms with van der Waals surface area (Å²) in [5.74, 6) is 2.01. The quantitative estimate of drug-likeness (QED) is 0.678. The van der Waals surface area contributed by atoms with Gasteiger partial charge in [0, 0.05) is 20.1 Å². The molecular weight excluding hydrogens is 406 g/mol. The van der Waals surface area contributed by atoms with Gasteiger partial charge >= 0.3 is 5.69 Å². The smallest absolute Gasteiger partial charge is 0.329 e. The van der Waals surface area contributed by atoms with Crippen molar-refractivity contribution in [2.45, 2.75) is 45.2 Å². The van der Waals surface area contributed by atoms with Crippen LogP contribution in [-0.4, -0.2) is 38.9 Å². The molecule has 0 radical (unpaired) electrons. The fourth-order valence-electron chi connectivity index (χ4n) is 5.18. The van der Waals surface area contributed by atoms with E-state index >= 15 is 0 Å². The summed E-state index contributed by atoms with van der Waals surface area (Å²) >= 11 is 0. The SMILES string of the molecule is CC1CCC(Cn2c(N3CCOC[C@H]3c3ccccc3)nc3c2c(=O)[nH]c(=O)n3C)CC1. The molecule has 1 saturated heterocycles. The number of aromatic amines is 1. The Kier molecular flexibility index (Phi) is 5.63. The second kappa shape index (κ2) is 8.58. The van der Waals surface area contributed by atoms with E-state index in [1.807, 2.05) is 18.2 Å². The van der Waals surface area contributed by atoms with Crippen LogP contribution < -0.4 is 16.1 Å². The number of nitrogens with zero attached hydrogens (tertiary/aromatic N) is 4. The number of ether oxygens (including phenoxy) is 1. The lowest BCUT2D eigenvalue weighted by Crippen LogP contribution is -2.41. The number of hydrogen-bond donors (Lipinski definition) is 1. The summed E-state index contributed by atoms with van der Waals surface area (Å²) in [5.41, 5.74) is 1.28. The van der Waals surface area contributed by atoms with Crippen LogP contribution in [-0.2, 0) is 18.3 Å². The molecule has 0 spiro atoms. The van der Waals surface area contributed by atoms with Gasteiger partial charge in [0.05, 0.1) is 19.3 Å². The fraction of sp³-hybridized carbons (Fsp3) is 0.542. The highest BCUT2D eigenvalue weighted by Crippen LogP contribution is 2.34. The standard InChI is InChI=1S/C24H31N5O3/c1-16-8-10-17(11-9-16)14-29-20-21(27(2)24(31)26-22(20)30)25-23(29)28-12-13-32-15-19(28)18-6-4-3-5-7-18/h3-7,16-17,19H,8-15H2,1-2H3,(H,26,30,31)/t16?,17?,19-/m0/s1. The monoisotopic (exact) mass is 437 g/mol. The van der Waals surface area contributed by atoms with Crippen LogP contribution in [0.3, 0.4) is 0 Å². The molecule has 3 aromatic rings. The summed E-state index contributed by atoms with van der Waals surface area (Å²) in [4.78, 5) is 34.8. The molecular formula is C24H31N5O3. The number of benzene rings is 1. The lowest BCUT2D eigenvalue weighted by atomic mass is 9.83. The number of H-pyrrole nitrogens is 1. The number of aryl methyl sites for hydroxylation is 1. The molecule has 2 aliphatic rings. The Morgan fingerprint density at radius 2 is 1.88 bits per heavy atom. The first-order chi connectivity index (χ1) is 15.5. The van der Waals surface area contributed by atoms with E-state index in [0.29, 0.717) is 36.8 Å². The minimum absolute atomic E-state index is 0.00278. The summed E-state index contributed by atoms with van der Waals surface area (Å²) < 4.78 is 9.34. The highest BCUT2D eigenvalue weighted by molar-refractivity contribution is 5.74. The Labute approximate surface area is 186 Å². The minimum Gasteiger partial charge on any atom is -0.377 e. The van der Waals surface area contributed by atoms with Crippen LogP contribution in [0.15, 0.2) is 39.9 Å². The van der Waals surface area contributed by atoms with Crippen LogP contribution in [0.1, 0.15) is 44.2 Å². The molecule has 170 valence electrons. The zero-order valence-electron chi connectivity index (χ0n) is 18.8. The molecule has 1 aliphatic carbocycles. The molecule has 0 bridgehead atoms. The van der Waals surface area contributed by atoms with E-state index in [4.69, 9.17) is 9.72 Å². The molecule has 1 N–H and O–H groups in total. The maximum Gasteiger partial charge on any atom is 0.329 e. The van der Waals surface area contributed by atoms with Gasteiger partial charge in [-0.3, -0.25) is 14.3 Å². The van der Waals surface area contributed by atoms with Crippen LogP contribution in [0.2, 0.25) is 0 Å². The number of fused-ring (bicyclic) bond motifs is 1. The van der Waals surface area contributed by atoms with E-state index in [1.54, 1.807) is 7.05 Å². The fourth-order valence-corrected chi connectivity index (χ4v) is 5.18. The highest BCUT2D eigenvalue weighted by atomic mass is 16.5. The van der Waals surface area contributed by atoms with Crippen molar-refractivity contribution in [2.24, 2.45) is 18.9 Å². The van der Waals surface area contributed by atoms with Crippen molar-refractivity contribution < 1.29 is 4.74 Å². The van der Waals surface area contributed by atoms with Crippen molar-refractivity contribution in [2.75, 3.05) is 24.7 Å². The highest BCUT2D eigenvalue weighted by Gasteiger charge is 2.31. The van der Waals surface area contributed by atoms with Gasteiger partial charge in [-0.25, -0.2) is 4.79 Å². The molecule has 5 rings (SSSR count). The van der Waals surface area contributed by atoms with Crippen molar-refractivity contribution in [3.05, 3.63) is 56.7 Å². The van der Waals surface area contributed by atoms with E-state index in [1.165, 1.54) is 17.4 Å². The lowest BCUT2D eigenvalue weighted by molar-refractivity contribution is 0.0927. The van der Waals surface area contributed by atoms with E-state index < -0.39 is 5.69 Å². The summed E-state index contributed by atoms with van der Waals surface area (Å²) in [6.45, 7) is 4.88. The molecule has 8 heteroatoms. The summed E-state index contributed by atoms with van der Waals surface area (Å²) in [5, 5.41) is 0. The lowest BCUT2D eigenvalue weighted by Gasteiger charge is -2.37. The van der Waals surface area contributed by atoms with Crippen LogP contribution in [0.5, 0.6) is 0 Å². The Morgan fingerprint density at radius 3 is 2.62 bits per heavy atom. The van der Waals surface area contributed by atoms with Gasteiger partial charge in [0.2, 0.25) is 5.95 Å². The molecule has 0 unspecified atom stereocenters. The zero-order valence-corrected chi connectivity index (χ0v) is 18.8. The third-order valence-corrected chi connectivity index (χ3v) is 7.13. The van der Waals surface area contributed by atoms with Gasteiger partial charge in [-0.2, -0.15) is 4.98 Å². The summed E-state index contributed by atoms with van der Waals surface area (Å²) in [7, 11) is 1.66. The Bertz CT molecular complexity index is 1200. The minimum atomic E-state index is -0.438. The van der Waals surface area contributed by atoms with Crippen molar-refractivity contribution in [3.8, 4) is 0 Å². The number of aromatic nitrogens is 4. The molecule has 1 aliphatic heterocycles. The normalized spacial score (nSPS) is 24.2. The Hall–Kier alpha value is -2.87. The van der Waals surface area contributed by atoms with E-state index in [0.717, 1.165) is 36.8 Å². The molecule has 3 heterocycles. The second-order valence-electron chi connectivity index (χ2n) is 9.33. The zero-order chi connectivity index (χ0) is 22.2. The average Bonchev–Trinajstić information content (AvgIpc) is 3.19. The molecule has 2 aromatic heterocycles. The Balaban J connectivity index is 1.64. The Morgan fingerprint density at radius 1 is 1.12 bits per heavy atom. The van der Waals surface area contributed by atoms with E-state index in [2.05, 4.69) is 33.5 Å². The topological polar surface area (TPSA) is 85.2 Å². The van der Waals surface area contributed by atoms with Crippen LogP contribution in [0, 0.1) is 11.8 Å². The number of imidazole rings is 1. The van der Waals surface area contributed by atoms with Gasteiger partial charge in [-0.15, -0.1) is 0 Å². The number of rotatable bonds is 4. The number of hydrogen-bond acceptors (Lipinski definition) is 5. The first-order valence-electron chi connectivity index (χ1n) is 11.6. The van der Waals surface area contributed by atoms with Crippen LogP contribution >= 0.6 is 0 Å². The molecule has 0 amide bonds. The largest absolute Gasteiger partial charge is 0.377 e. The molecule has 2 fully saturated rings. The van der Waals surface area contributed by atoms with Crippen molar-refractivity contribution in [1.82, 2.24) is 19.1 Å².